The summed E-state index contributed by atoms with van der Waals surface area (Å²) in [6.45, 7) is 0.633. The van der Waals surface area contributed by atoms with E-state index in [1.807, 2.05) is 12.3 Å². The van der Waals surface area contributed by atoms with Gasteiger partial charge in [-0.3, -0.25) is 4.79 Å². The van der Waals surface area contributed by atoms with Gasteiger partial charge in [0.25, 0.3) is 5.91 Å². The number of carbonyl (C=O) groups excluding carboxylic acids is 1. The Balaban J connectivity index is 1.86. The Bertz CT molecular complexity index is 471. The van der Waals surface area contributed by atoms with Gasteiger partial charge in [0.1, 0.15) is 5.69 Å². The summed E-state index contributed by atoms with van der Waals surface area (Å²) >= 11 is 3.41. The zero-order valence-corrected chi connectivity index (χ0v) is 11.7. The lowest BCUT2D eigenvalue weighted by atomic mass is 10.2. The van der Waals surface area contributed by atoms with Crippen molar-refractivity contribution < 1.29 is 4.79 Å². The second-order valence-corrected chi connectivity index (χ2v) is 5.47. The minimum Gasteiger partial charge on any atom is -0.351 e. The SMILES string of the molecule is N#CCCCCNC(=O)c1cc(Br)cn1C1CC1. The van der Waals surface area contributed by atoms with Gasteiger partial charge < -0.3 is 9.88 Å². The zero-order valence-electron chi connectivity index (χ0n) is 10.2. The van der Waals surface area contributed by atoms with Crippen molar-refractivity contribution in [2.24, 2.45) is 0 Å². The summed E-state index contributed by atoms with van der Waals surface area (Å²) in [6, 6.07) is 4.46. The number of aromatic nitrogens is 1. The van der Waals surface area contributed by atoms with E-state index in [9.17, 15) is 4.79 Å². The summed E-state index contributed by atoms with van der Waals surface area (Å²) in [5.41, 5.74) is 0.727. The molecule has 0 saturated heterocycles. The first-order valence-electron chi connectivity index (χ1n) is 6.25. The van der Waals surface area contributed by atoms with Crippen LogP contribution in [-0.2, 0) is 0 Å². The molecule has 1 saturated carbocycles. The van der Waals surface area contributed by atoms with E-state index in [2.05, 4.69) is 31.9 Å². The molecule has 1 aliphatic carbocycles. The van der Waals surface area contributed by atoms with Crippen molar-refractivity contribution in [3.63, 3.8) is 0 Å². The molecule has 0 aliphatic heterocycles. The van der Waals surface area contributed by atoms with Crippen molar-refractivity contribution in [1.29, 1.82) is 5.26 Å². The van der Waals surface area contributed by atoms with Crippen LogP contribution >= 0.6 is 15.9 Å². The van der Waals surface area contributed by atoms with E-state index in [-0.39, 0.29) is 5.91 Å². The molecule has 96 valence electrons. The van der Waals surface area contributed by atoms with E-state index in [1.165, 1.54) is 0 Å². The topological polar surface area (TPSA) is 57.8 Å². The van der Waals surface area contributed by atoms with Crippen LogP contribution < -0.4 is 5.32 Å². The number of halogens is 1. The number of nitriles is 1. The quantitative estimate of drug-likeness (QED) is 0.821. The van der Waals surface area contributed by atoms with Crippen LogP contribution in [0.1, 0.15) is 48.6 Å². The molecule has 18 heavy (non-hydrogen) atoms. The van der Waals surface area contributed by atoms with E-state index in [0.717, 1.165) is 35.8 Å². The molecule has 0 atom stereocenters. The van der Waals surface area contributed by atoms with Crippen LogP contribution in [0.15, 0.2) is 16.7 Å². The van der Waals surface area contributed by atoms with Crippen LogP contribution in [0.2, 0.25) is 0 Å². The number of hydrogen-bond donors (Lipinski definition) is 1. The molecule has 2 rings (SSSR count). The average Bonchev–Trinajstić information content (AvgIpc) is 3.12. The van der Waals surface area contributed by atoms with Gasteiger partial charge in [-0.2, -0.15) is 5.26 Å². The Morgan fingerprint density at radius 1 is 1.56 bits per heavy atom. The van der Waals surface area contributed by atoms with Crippen molar-refractivity contribution in [3.05, 3.63) is 22.4 Å². The van der Waals surface area contributed by atoms with E-state index in [0.29, 0.717) is 19.0 Å². The highest BCUT2D eigenvalue weighted by Gasteiger charge is 2.27. The fourth-order valence-corrected chi connectivity index (χ4v) is 2.34. The minimum atomic E-state index is -0.0236. The maximum absolute atomic E-state index is 12.0. The molecule has 1 amide bonds. The molecule has 0 radical (unpaired) electrons. The first-order valence-corrected chi connectivity index (χ1v) is 7.04. The summed E-state index contributed by atoms with van der Waals surface area (Å²) < 4.78 is 3.00. The molecule has 1 aromatic rings. The lowest BCUT2D eigenvalue weighted by molar-refractivity contribution is 0.0943. The number of amides is 1. The standard InChI is InChI=1S/C13H16BrN3O/c14-10-8-12(17(9-10)11-4-5-11)13(18)16-7-3-1-2-6-15/h8-9,11H,1-5,7H2,(H,16,18). The monoisotopic (exact) mass is 309 g/mol. The highest BCUT2D eigenvalue weighted by molar-refractivity contribution is 9.10. The van der Waals surface area contributed by atoms with E-state index < -0.39 is 0 Å². The number of nitrogens with one attached hydrogen (secondary N) is 1. The van der Waals surface area contributed by atoms with Gasteiger partial charge in [0.05, 0.1) is 6.07 Å². The molecule has 4 nitrogen and oxygen atoms in total. The Morgan fingerprint density at radius 2 is 2.33 bits per heavy atom. The molecular formula is C13H16BrN3O. The van der Waals surface area contributed by atoms with Gasteiger partial charge in [-0.05, 0) is 47.7 Å². The number of rotatable bonds is 6. The molecule has 0 bridgehead atoms. The number of unbranched alkanes of at least 4 members (excludes halogenated alkanes) is 2. The largest absolute Gasteiger partial charge is 0.351 e. The van der Waals surface area contributed by atoms with Crippen molar-refractivity contribution in [3.8, 4) is 6.07 Å². The average molecular weight is 310 g/mol. The third-order valence-corrected chi connectivity index (χ3v) is 3.42. The second kappa shape index (κ2) is 6.05. The Morgan fingerprint density at radius 3 is 3.00 bits per heavy atom. The lowest BCUT2D eigenvalue weighted by Gasteiger charge is -2.08. The molecule has 5 heteroatoms. The summed E-state index contributed by atoms with van der Waals surface area (Å²) in [4.78, 5) is 12.0. The highest BCUT2D eigenvalue weighted by Crippen LogP contribution is 2.37. The van der Waals surface area contributed by atoms with Gasteiger partial charge >= 0.3 is 0 Å². The fraction of sp³-hybridized carbons (Fsp3) is 0.538. The van der Waals surface area contributed by atoms with Crippen LogP contribution in [-0.4, -0.2) is 17.0 Å². The van der Waals surface area contributed by atoms with E-state index in [1.54, 1.807) is 0 Å². The van der Waals surface area contributed by atoms with Crippen molar-refractivity contribution in [1.82, 2.24) is 9.88 Å². The predicted octanol–water partition coefficient (Wildman–Crippen LogP) is 3.01. The van der Waals surface area contributed by atoms with Gasteiger partial charge in [0.2, 0.25) is 0 Å². The maximum atomic E-state index is 12.0. The van der Waals surface area contributed by atoms with Crippen LogP contribution in [0.25, 0.3) is 0 Å². The fourth-order valence-electron chi connectivity index (χ4n) is 1.90. The first kappa shape index (κ1) is 13.2. The molecular weight excluding hydrogens is 294 g/mol. The maximum Gasteiger partial charge on any atom is 0.267 e. The zero-order chi connectivity index (χ0) is 13.0. The van der Waals surface area contributed by atoms with Crippen molar-refractivity contribution >= 4 is 21.8 Å². The van der Waals surface area contributed by atoms with E-state index in [4.69, 9.17) is 5.26 Å². The second-order valence-electron chi connectivity index (χ2n) is 4.55. The van der Waals surface area contributed by atoms with Crippen LogP contribution in [0.3, 0.4) is 0 Å². The number of nitrogens with zero attached hydrogens (tertiary/aromatic N) is 2. The summed E-state index contributed by atoms with van der Waals surface area (Å²) in [5.74, 6) is -0.0236. The summed E-state index contributed by atoms with van der Waals surface area (Å²) in [6.07, 6.45) is 6.53. The third-order valence-electron chi connectivity index (χ3n) is 2.99. The van der Waals surface area contributed by atoms with Crippen LogP contribution in [0.4, 0.5) is 0 Å². The van der Waals surface area contributed by atoms with Crippen molar-refractivity contribution in [2.75, 3.05) is 6.54 Å². The van der Waals surface area contributed by atoms with Gasteiger partial charge in [-0.25, -0.2) is 0 Å². The number of hydrogen-bond acceptors (Lipinski definition) is 2. The molecule has 0 spiro atoms. The number of carbonyl (C=O) groups is 1. The molecule has 1 aromatic heterocycles. The van der Waals surface area contributed by atoms with Gasteiger partial charge in [0, 0.05) is 29.7 Å². The summed E-state index contributed by atoms with van der Waals surface area (Å²) in [5, 5.41) is 11.3. The van der Waals surface area contributed by atoms with Crippen LogP contribution in [0, 0.1) is 11.3 Å². The smallest absolute Gasteiger partial charge is 0.267 e. The molecule has 1 aliphatic rings. The van der Waals surface area contributed by atoms with E-state index >= 15 is 0 Å². The molecule has 0 unspecified atom stereocenters. The Labute approximate surface area is 115 Å². The molecule has 1 heterocycles. The molecule has 1 fully saturated rings. The third kappa shape index (κ3) is 3.36. The summed E-state index contributed by atoms with van der Waals surface area (Å²) in [7, 11) is 0. The van der Waals surface area contributed by atoms with Gasteiger partial charge in [-0.1, -0.05) is 0 Å². The van der Waals surface area contributed by atoms with Crippen LogP contribution in [0.5, 0.6) is 0 Å². The lowest BCUT2D eigenvalue weighted by Crippen LogP contribution is -2.26. The van der Waals surface area contributed by atoms with Gasteiger partial charge in [-0.15, -0.1) is 0 Å². The normalized spacial score (nSPS) is 14.2. The predicted molar refractivity (Wildman–Crippen MR) is 72.2 cm³/mol. The molecule has 1 N–H and O–H groups in total. The minimum absolute atomic E-state index is 0.0236. The highest BCUT2D eigenvalue weighted by atomic mass is 79.9. The van der Waals surface area contributed by atoms with Gasteiger partial charge in [0.15, 0.2) is 0 Å². The van der Waals surface area contributed by atoms with Crippen molar-refractivity contribution in [2.45, 2.75) is 38.1 Å². The Kier molecular flexibility index (Phi) is 4.43. The Hall–Kier alpha value is -1.28. The molecule has 0 aromatic carbocycles. The first-order chi connectivity index (χ1) is 8.72.